The van der Waals surface area contributed by atoms with E-state index in [-0.39, 0.29) is 17.5 Å². The minimum atomic E-state index is -0.828. The summed E-state index contributed by atoms with van der Waals surface area (Å²) in [5, 5.41) is 9.01. The molecule has 1 aromatic carbocycles. The predicted molar refractivity (Wildman–Crippen MR) is 72.0 cm³/mol. The number of carboxylic acid groups (broad SMARTS) is 1. The molecule has 0 spiro atoms. The standard InChI is InChI=1S/C15H18FNO3/c1-9-3-4-12(13(16)7-9)14(18)17-6-5-11(15(19)20)8-10(17)2/h3-4,7,10-11H,5-6,8H2,1-2H3,(H,19,20). The molecule has 0 aliphatic carbocycles. The molecule has 0 saturated carbocycles. The molecule has 0 bridgehead atoms. The molecular formula is C15H18FNO3. The Balaban J connectivity index is 2.16. The quantitative estimate of drug-likeness (QED) is 0.904. The summed E-state index contributed by atoms with van der Waals surface area (Å²) in [6.07, 6.45) is 0.827. The monoisotopic (exact) mass is 279 g/mol. The second kappa shape index (κ2) is 5.61. The summed E-state index contributed by atoms with van der Waals surface area (Å²) in [6, 6.07) is 4.33. The molecule has 2 atom stereocenters. The van der Waals surface area contributed by atoms with Gasteiger partial charge >= 0.3 is 5.97 Å². The summed E-state index contributed by atoms with van der Waals surface area (Å²) in [5.74, 6) is -2.14. The zero-order chi connectivity index (χ0) is 14.9. The Hall–Kier alpha value is -1.91. The fourth-order valence-corrected chi connectivity index (χ4v) is 2.65. The van der Waals surface area contributed by atoms with Crippen molar-refractivity contribution in [2.45, 2.75) is 32.7 Å². The Labute approximate surface area is 117 Å². The number of aryl methyl sites for hydroxylation is 1. The number of amides is 1. The molecule has 5 heteroatoms. The van der Waals surface area contributed by atoms with Crippen molar-refractivity contribution in [3.63, 3.8) is 0 Å². The third-order valence-electron chi connectivity index (χ3n) is 3.84. The fourth-order valence-electron chi connectivity index (χ4n) is 2.65. The molecule has 1 heterocycles. The summed E-state index contributed by atoms with van der Waals surface area (Å²) in [6.45, 7) is 3.92. The van der Waals surface area contributed by atoms with Crippen LogP contribution in [-0.4, -0.2) is 34.5 Å². The third-order valence-corrected chi connectivity index (χ3v) is 3.84. The number of aliphatic carboxylic acids is 1. The number of carbonyl (C=O) groups excluding carboxylic acids is 1. The lowest BCUT2D eigenvalue weighted by Gasteiger charge is -2.36. The maximum absolute atomic E-state index is 13.8. The summed E-state index contributed by atoms with van der Waals surface area (Å²) in [5.41, 5.74) is 0.813. The van der Waals surface area contributed by atoms with E-state index in [1.54, 1.807) is 24.8 Å². The van der Waals surface area contributed by atoms with E-state index >= 15 is 0 Å². The lowest BCUT2D eigenvalue weighted by molar-refractivity contribution is -0.143. The van der Waals surface area contributed by atoms with Crippen LogP contribution in [0.1, 0.15) is 35.7 Å². The van der Waals surface area contributed by atoms with Gasteiger partial charge in [-0.25, -0.2) is 4.39 Å². The topological polar surface area (TPSA) is 57.6 Å². The van der Waals surface area contributed by atoms with Crippen molar-refractivity contribution in [2.75, 3.05) is 6.54 Å². The van der Waals surface area contributed by atoms with Crippen LogP contribution < -0.4 is 0 Å². The van der Waals surface area contributed by atoms with Crippen LogP contribution in [0.25, 0.3) is 0 Å². The first-order valence-electron chi connectivity index (χ1n) is 6.70. The fraction of sp³-hybridized carbons (Fsp3) is 0.467. The molecule has 1 aromatic rings. The molecule has 2 rings (SSSR count). The van der Waals surface area contributed by atoms with Gasteiger partial charge in [-0.05, 0) is 44.4 Å². The lowest BCUT2D eigenvalue weighted by Crippen LogP contribution is -2.46. The Bertz CT molecular complexity index is 544. The zero-order valence-electron chi connectivity index (χ0n) is 11.6. The van der Waals surface area contributed by atoms with Gasteiger partial charge in [0.25, 0.3) is 5.91 Å². The number of carboxylic acids is 1. The first-order chi connectivity index (χ1) is 9.40. The van der Waals surface area contributed by atoms with Crippen LogP contribution in [0.5, 0.6) is 0 Å². The molecule has 0 aromatic heterocycles. The highest BCUT2D eigenvalue weighted by atomic mass is 19.1. The van der Waals surface area contributed by atoms with E-state index in [4.69, 9.17) is 5.11 Å². The van der Waals surface area contributed by atoms with E-state index in [1.165, 1.54) is 12.1 Å². The zero-order valence-corrected chi connectivity index (χ0v) is 11.6. The second-order valence-corrected chi connectivity index (χ2v) is 5.39. The van der Waals surface area contributed by atoms with Gasteiger partial charge in [-0.15, -0.1) is 0 Å². The van der Waals surface area contributed by atoms with Crippen molar-refractivity contribution in [3.8, 4) is 0 Å². The number of piperidine rings is 1. The maximum atomic E-state index is 13.8. The number of benzene rings is 1. The Kier molecular flexibility index (Phi) is 4.06. The van der Waals surface area contributed by atoms with Gasteiger partial charge in [0.2, 0.25) is 0 Å². The van der Waals surface area contributed by atoms with Crippen molar-refractivity contribution in [1.82, 2.24) is 4.90 Å². The van der Waals surface area contributed by atoms with Crippen LogP contribution in [0, 0.1) is 18.7 Å². The molecule has 1 amide bonds. The van der Waals surface area contributed by atoms with E-state index in [0.29, 0.717) is 19.4 Å². The molecule has 0 radical (unpaired) electrons. The molecular weight excluding hydrogens is 261 g/mol. The largest absolute Gasteiger partial charge is 0.481 e. The lowest BCUT2D eigenvalue weighted by atomic mass is 9.91. The van der Waals surface area contributed by atoms with E-state index in [2.05, 4.69) is 0 Å². The number of hydrogen-bond acceptors (Lipinski definition) is 2. The molecule has 4 nitrogen and oxygen atoms in total. The molecule has 108 valence electrons. The molecule has 1 aliphatic rings. The molecule has 2 unspecified atom stereocenters. The van der Waals surface area contributed by atoms with Crippen LogP contribution in [-0.2, 0) is 4.79 Å². The van der Waals surface area contributed by atoms with Crippen LogP contribution in [0.3, 0.4) is 0 Å². The van der Waals surface area contributed by atoms with Gasteiger partial charge in [0.05, 0.1) is 11.5 Å². The van der Waals surface area contributed by atoms with Gasteiger partial charge in [0.15, 0.2) is 0 Å². The van der Waals surface area contributed by atoms with Crippen LogP contribution >= 0.6 is 0 Å². The summed E-state index contributed by atoms with van der Waals surface area (Å²) in [7, 11) is 0. The van der Waals surface area contributed by atoms with E-state index in [0.717, 1.165) is 5.56 Å². The van der Waals surface area contributed by atoms with Gasteiger partial charge in [-0.1, -0.05) is 6.07 Å². The maximum Gasteiger partial charge on any atom is 0.306 e. The van der Waals surface area contributed by atoms with E-state index in [1.807, 2.05) is 0 Å². The average molecular weight is 279 g/mol. The van der Waals surface area contributed by atoms with Crippen molar-refractivity contribution in [1.29, 1.82) is 0 Å². The summed E-state index contributed by atoms with van der Waals surface area (Å²) >= 11 is 0. The predicted octanol–water partition coefficient (Wildman–Crippen LogP) is 2.46. The Morgan fingerprint density at radius 3 is 2.65 bits per heavy atom. The Morgan fingerprint density at radius 2 is 2.10 bits per heavy atom. The third kappa shape index (κ3) is 2.81. The minimum Gasteiger partial charge on any atom is -0.481 e. The van der Waals surface area contributed by atoms with Gasteiger partial charge < -0.3 is 10.0 Å². The highest BCUT2D eigenvalue weighted by Gasteiger charge is 2.33. The van der Waals surface area contributed by atoms with Crippen LogP contribution in [0.2, 0.25) is 0 Å². The molecule has 1 N–H and O–H groups in total. The highest BCUT2D eigenvalue weighted by Crippen LogP contribution is 2.25. The first-order valence-corrected chi connectivity index (χ1v) is 6.70. The van der Waals surface area contributed by atoms with Crippen molar-refractivity contribution in [3.05, 3.63) is 35.1 Å². The normalized spacial score (nSPS) is 22.6. The van der Waals surface area contributed by atoms with E-state index in [9.17, 15) is 14.0 Å². The number of rotatable bonds is 2. The van der Waals surface area contributed by atoms with Crippen molar-refractivity contribution >= 4 is 11.9 Å². The number of carbonyl (C=O) groups is 2. The van der Waals surface area contributed by atoms with Gasteiger partial charge in [0.1, 0.15) is 5.82 Å². The minimum absolute atomic E-state index is 0.0521. The number of nitrogens with zero attached hydrogens (tertiary/aromatic N) is 1. The molecule has 1 fully saturated rings. The van der Waals surface area contributed by atoms with Crippen LogP contribution in [0.4, 0.5) is 4.39 Å². The SMILES string of the molecule is Cc1ccc(C(=O)N2CCC(C(=O)O)CC2C)c(F)c1. The van der Waals surface area contributed by atoms with Gasteiger partial charge in [-0.3, -0.25) is 9.59 Å². The second-order valence-electron chi connectivity index (χ2n) is 5.39. The summed E-state index contributed by atoms with van der Waals surface area (Å²) < 4.78 is 13.8. The van der Waals surface area contributed by atoms with Gasteiger partial charge in [-0.2, -0.15) is 0 Å². The first kappa shape index (κ1) is 14.5. The molecule has 1 aliphatic heterocycles. The average Bonchev–Trinajstić information content (AvgIpc) is 2.37. The van der Waals surface area contributed by atoms with Crippen LogP contribution in [0.15, 0.2) is 18.2 Å². The Morgan fingerprint density at radius 1 is 1.40 bits per heavy atom. The van der Waals surface area contributed by atoms with E-state index < -0.39 is 17.7 Å². The smallest absolute Gasteiger partial charge is 0.306 e. The molecule has 1 saturated heterocycles. The number of hydrogen-bond donors (Lipinski definition) is 1. The van der Waals surface area contributed by atoms with Crippen molar-refractivity contribution < 1.29 is 19.1 Å². The summed E-state index contributed by atoms with van der Waals surface area (Å²) in [4.78, 5) is 24.9. The highest BCUT2D eigenvalue weighted by molar-refractivity contribution is 5.95. The number of likely N-dealkylation sites (tertiary alicyclic amines) is 1. The van der Waals surface area contributed by atoms with Crippen molar-refractivity contribution in [2.24, 2.45) is 5.92 Å². The molecule has 20 heavy (non-hydrogen) atoms. The van der Waals surface area contributed by atoms with Gasteiger partial charge in [0, 0.05) is 12.6 Å². The number of halogens is 1.